The maximum atomic E-state index is 12.9. The standard InChI is InChI=1S/C15H14FN3O4S/c1-10-3-8-14(9-15(10)19(20)21)24(22,23)18-17-11(2)12-4-6-13(16)7-5-12/h3-9,18H,1-2H3/b17-11+. The third kappa shape index (κ3) is 3.93. The van der Waals surface area contributed by atoms with Crippen LogP contribution in [0.5, 0.6) is 0 Å². The van der Waals surface area contributed by atoms with E-state index in [9.17, 15) is 22.9 Å². The van der Waals surface area contributed by atoms with Crippen LogP contribution in [0.15, 0.2) is 52.5 Å². The van der Waals surface area contributed by atoms with Crippen LogP contribution in [0.4, 0.5) is 10.1 Å². The molecule has 0 saturated carbocycles. The number of hydrogen-bond acceptors (Lipinski definition) is 5. The number of hydrazone groups is 1. The molecule has 0 aliphatic carbocycles. The Kier molecular flexibility index (Phi) is 4.93. The number of nitrogens with zero attached hydrogens (tertiary/aromatic N) is 2. The Labute approximate surface area is 138 Å². The van der Waals surface area contributed by atoms with Gasteiger partial charge in [0.15, 0.2) is 0 Å². The van der Waals surface area contributed by atoms with Crippen LogP contribution in [-0.4, -0.2) is 19.1 Å². The number of hydrogen-bond donors (Lipinski definition) is 1. The minimum Gasteiger partial charge on any atom is -0.258 e. The quantitative estimate of drug-likeness (QED) is 0.508. The highest BCUT2D eigenvalue weighted by molar-refractivity contribution is 7.89. The first-order valence-electron chi connectivity index (χ1n) is 6.78. The summed E-state index contributed by atoms with van der Waals surface area (Å²) in [7, 11) is -4.06. The number of rotatable bonds is 5. The lowest BCUT2D eigenvalue weighted by atomic mass is 10.1. The molecule has 0 bridgehead atoms. The van der Waals surface area contributed by atoms with E-state index in [1.807, 2.05) is 4.83 Å². The lowest BCUT2D eigenvalue weighted by molar-refractivity contribution is -0.385. The van der Waals surface area contributed by atoms with Gasteiger partial charge in [0, 0.05) is 11.6 Å². The number of nitrogens with one attached hydrogen (secondary N) is 1. The van der Waals surface area contributed by atoms with Gasteiger partial charge in [-0.3, -0.25) is 10.1 Å². The molecule has 7 nitrogen and oxygen atoms in total. The van der Waals surface area contributed by atoms with E-state index in [2.05, 4.69) is 5.10 Å². The van der Waals surface area contributed by atoms with Crippen molar-refractivity contribution in [2.24, 2.45) is 5.10 Å². The summed E-state index contributed by atoms with van der Waals surface area (Å²) in [5.74, 6) is -0.418. The summed E-state index contributed by atoms with van der Waals surface area (Å²) in [6.45, 7) is 3.06. The molecule has 0 radical (unpaired) electrons. The zero-order valence-corrected chi connectivity index (χ0v) is 13.7. The van der Waals surface area contributed by atoms with Gasteiger partial charge < -0.3 is 0 Å². The average Bonchev–Trinajstić information content (AvgIpc) is 2.53. The third-order valence-corrected chi connectivity index (χ3v) is 4.49. The summed E-state index contributed by atoms with van der Waals surface area (Å²) in [6, 6.07) is 8.95. The van der Waals surface area contributed by atoms with Gasteiger partial charge in [0.1, 0.15) is 5.82 Å². The fraction of sp³-hybridized carbons (Fsp3) is 0.133. The average molecular weight is 351 g/mol. The predicted molar refractivity (Wildman–Crippen MR) is 86.8 cm³/mol. The van der Waals surface area contributed by atoms with E-state index in [1.54, 1.807) is 6.92 Å². The fourth-order valence-corrected chi connectivity index (χ4v) is 2.77. The molecular formula is C15H14FN3O4S. The Morgan fingerprint density at radius 1 is 1.21 bits per heavy atom. The van der Waals surface area contributed by atoms with Gasteiger partial charge in [-0.2, -0.15) is 18.4 Å². The van der Waals surface area contributed by atoms with Gasteiger partial charge in [-0.1, -0.05) is 18.2 Å². The zero-order valence-electron chi connectivity index (χ0n) is 12.9. The third-order valence-electron chi connectivity index (χ3n) is 3.28. The van der Waals surface area contributed by atoms with E-state index in [4.69, 9.17) is 0 Å². The number of benzene rings is 2. The first-order chi connectivity index (χ1) is 11.2. The van der Waals surface area contributed by atoms with E-state index in [0.29, 0.717) is 16.8 Å². The van der Waals surface area contributed by atoms with Crippen LogP contribution >= 0.6 is 0 Å². The second kappa shape index (κ2) is 6.75. The van der Waals surface area contributed by atoms with Gasteiger partial charge in [0.05, 0.1) is 15.5 Å². The van der Waals surface area contributed by atoms with Gasteiger partial charge >= 0.3 is 0 Å². The Hall–Kier alpha value is -2.81. The van der Waals surface area contributed by atoms with Crippen LogP contribution < -0.4 is 4.83 Å². The SMILES string of the molecule is C/C(=N\NS(=O)(=O)c1ccc(C)c([N+](=O)[O-])c1)c1ccc(F)cc1. The van der Waals surface area contributed by atoms with Crippen LogP contribution in [0.2, 0.25) is 0 Å². The Bertz CT molecular complexity index is 909. The maximum absolute atomic E-state index is 12.9. The monoisotopic (exact) mass is 351 g/mol. The topological polar surface area (TPSA) is 102 Å². The van der Waals surface area contributed by atoms with Crippen molar-refractivity contribution in [2.45, 2.75) is 18.7 Å². The molecule has 0 aliphatic rings. The van der Waals surface area contributed by atoms with Crippen LogP contribution in [0.3, 0.4) is 0 Å². The molecule has 24 heavy (non-hydrogen) atoms. The molecule has 2 aromatic rings. The molecule has 2 aromatic carbocycles. The largest absolute Gasteiger partial charge is 0.276 e. The van der Waals surface area contributed by atoms with Crippen molar-refractivity contribution in [3.8, 4) is 0 Å². The van der Waals surface area contributed by atoms with E-state index >= 15 is 0 Å². The smallest absolute Gasteiger partial charge is 0.258 e. The highest BCUT2D eigenvalue weighted by Crippen LogP contribution is 2.22. The van der Waals surface area contributed by atoms with Crippen molar-refractivity contribution in [3.63, 3.8) is 0 Å². The van der Waals surface area contributed by atoms with Gasteiger partial charge in [0.25, 0.3) is 15.7 Å². The molecular weight excluding hydrogens is 337 g/mol. The van der Waals surface area contributed by atoms with Gasteiger partial charge in [-0.15, -0.1) is 0 Å². The zero-order chi connectivity index (χ0) is 17.9. The molecule has 0 heterocycles. The highest BCUT2D eigenvalue weighted by Gasteiger charge is 2.19. The number of nitro benzene ring substituents is 1. The summed E-state index contributed by atoms with van der Waals surface area (Å²) >= 11 is 0. The molecule has 0 fully saturated rings. The summed E-state index contributed by atoms with van der Waals surface area (Å²) in [6.07, 6.45) is 0. The number of sulfonamides is 1. The minimum atomic E-state index is -4.06. The van der Waals surface area contributed by atoms with Crippen LogP contribution in [0.25, 0.3) is 0 Å². The van der Waals surface area contributed by atoms with Gasteiger partial charge in [-0.25, -0.2) is 4.39 Å². The van der Waals surface area contributed by atoms with Crippen molar-refractivity contribution in [2.75, 3.05) is 0 Å². The van der Waals surface area contributed by atoms with Crippen molar-refractivity contribution >= 4 is 21.4 Å². The lowest BCUT2D eigenvalue weighted by Gasteiger charge is -2.06. The molecule has 0 saturated heterocycles. The molecule has 2 rings (SSSR count). The Balaban J connectivity index is 2.28. The van der Waals surface area contributed by atoms with Crippen LogP contribution in [-0.2, 0) is 10.0 Å². The van der Waals surface area contributed by atoms with Crippen molar-refractivity contribution in [3.05, 3.63) is 69.5 Å². The van der Waals surface area contributed by atoms with E-state index in [0.717, 1.165) is 6.07 Å². The van der Waals surface area contributed by atoms with E-state index < -0.39 is 20.8 Å². The molecule has 9 heteroatoms. The summed E-state index contributed by atoms with van der Waals surface area (Å²) < 4.78 is 37.3. The second-order valence-electron chi connectivity index (χ2n) is 5.00. The van der Waals surface area contributed by atoms with Gasteiger partial charge in [-0.05, 0) is 37.6 Å². The summed E-state index contributed by atoms with van der Waals surface area (Å²) in [5, 5.41) is 14.7. The second-order valence-corrected chi connectivity index (χ2v) is 6.67. The number of nitro groups is 1. The first kappa shape index (κ1) is 17.5. The first-order valence-corrected chi connectivity index (χ1v) is 8.26. The van der Waals surface area contributed by atoms with Crippen LogP contribution in [0.1, 0.15) is 18.1 Å². The van der Waals surface area contributed by atoms with E-state index in [1.165, 1.54) is 43.3 Å². The highest BCUT2D eigenvalue weighted by atomic mass is 32.2. The predicted octanol–water partition coefficient (Wildman–Crippen LogP) is 2.74. The molecule has 0 aromatic heterocycles. The molecule has 0 amide bonds. The molecule has 0 aliphatic heterocycles. The maximum Gasteiger partial charge on any atom is 0.276 e. The van der Waals surface area contributed by atoms with Crippen molar-refractivity contribution in [1.82, 2.24) is 4.83 Å². The summed E-state index contributed by atoms with van der Waals surface area (Å²) in [5.41, 5.74) is 0.913. The summed E-state index contributed by atoms with van der Waals surface area (Å²) in [4.78, 5) is 12.0. The van der Waals surface area contributed by atoms with Crippen LogP contribution in [0, 0.1) is 22.9 Å². The molecule has 1 N–H and O–H groups in total. The Morgan fingerprint density at radius 3 is 2.42 bits per heavy atom. The number of aryl methyl sites for hydroxylation is 1. The normalized spacial score (nSPS) is 12.0. The van der Waals surface area contributed by atoms with Gasteiger partial charge in [0.2, 0.25) is 0 Å². The Morgan fingerprint density at radius 2 is 1.83 bits per heavy atom. The van der Waals surface area contributed by atoms with E-state index in [-0.39, 0.29) is 10.6 Å². The van der Waals surface area contributed by atoms with Crippen molar-refractivity contribution < 1.29 is 17.7 Å². The minimum absolute atomic E-state index is 0.268. The fourth-order valence-electron chi connectivity index (χ4n) is 1.89. The number of halogens is 1. The molecule has 126 valence electrons. The lowest BCUT2D eigenvalue weighted by Crippen LogP contribution is -2.20. The van der Waals surface area contributed by atoms with Crippen molar-refractivity contribution in [1.29, 1.82) is 0 Å². The molecule has 0 spiro atoms. The molecule has 0 unspecified atom stereocenters. The molecule has 0 atom stereocenters.